The van der Waals surface area contributed by atoms with Crippen LogP contribution in [0, 0.1) is 12.8 Å². The van der Waals surface area contributed by atoms with E-state index in [-0.39, 0.29) is 23.8 Å². The molecule has 3 rings (SSSR count). The number of hydrogen-bond donors (Lipinski definition) is 1. The third-order valence-electron chi connectivity index (χ3n) is 4.62. The fourth-order valence-electron chi connectivity index (χ4n) is 3.27. The summed E-state index contributed by atoms with van der Waals surface area (Å²) in [6.45, 7) is 7.01. The lowest BCUT2D eigenvalue weighted by molar-refractivity contribution is -0.126. The van der Waals surface area contributed by atoms with E-state index in [1.165, 1.54) is 0 Å². The maximum absolute atomic E-state index is 12.8. The molecule has 5 heteroatoms. The predicted molar refractivity (Wildman–Crippen MR) is 92.9 cm³/mol. The molecule has 2 amide bonds. The Morgan fingerprint density at radius 1 is 1.21 bits per heavy atom. The summed E-state index contributed by atoms with van der Waals surface area (Å²) in [5.41, 5.74) is 1.62. The van der Waals surface area contributed by atoms with E-state index in [0.29, 0.717) is 31.7 Å². The predicted octanol–water partition coefficient (Wildman–Crippen LogP) is 3.12. The molecule has 1 aliphatic rings. The van der Waals surface area contributed by atoms with E-state index in [2.05, 4.69) is 5.32 Å². The van der Waals surface area contributed by atoms with E-state index >= 15 is 0 Å². The maximum atomic E-state index is 12.8. The molecule has 24 heavy (non-hydrogen) atoms. The van der Waals surface area contributed by atoms with E-state index in [1.807, 2.05) is 45.0 Å². The number of piperidine rings is 1. The number of para-hydroxylation sites is 1. The Hall–Kier alpha value is -2.30. The largest absolute Gasteiger partial charge is 0.451 e. The summed E-state index contributed by atoms with van der Waals surface area (Å²) >= 11 is 0. The number of nitrogens with zero attached hydrogens (tertiary/aromatic N) is 1. The first kappa shape index (κ1) is 16.6. The summed E-state index contributed by atoms with van der Waals surface area (Å²) in [4.78, 5) is 26.7. The Morgan fingerprint density at radius 2 is 1.88 bits per heavy atom. The molecule has 1 aromatic carbocycles. The monoisotopic (exact) mass is 328 g/mol. The molecule has 128 valence electrons. The van der Waals surface area contributed by atoms with Crippen molar-refractivity contribution in [1.29, 1.82) is 0 Å². The second-order valence-corrected chi connectivity index (χ2v) is 6.78. The van der Waals surface area contributed by atoms with Gasteiger partial charge >= 0.3 is 0 Å². The molecular formula is C19H24N2O3. The van der Waals surface area contributed by atoms with Gasteiger partial charge in [0.2, 0.25) is 5.91 Å². The van der Waals surface area contributed by atoms with Crippen LogP contribution in [-0.2, 0) is 4.79 Å². The van der Waals surface area contributed by atoms with Crippen LogP contribution in [0.2, 0.25) is 0 Å². The number of carbonyl (C=O) groups excluding carboxylic acids is 2. The lowest BCUT2D eigenvalue weighted by Gasteiger charge is -2.31. The molecule has 0 aliphatic carbocycles. The molecule has 5 nitrogen and oxygen atoms in total. The van der Waals surface area contributed by atoms with Gasteiger partial charge in [0.15, 0.2) is 5.76 Å². The van der Waals surface area contributed by atoms with E-state index in [1.54, 1.807) is 4.90 Å². The summed E-state index contributed by atoms with van der Waals surface area (Å²) in [6.07, 6.45) is 1.40. The third-order valence-corrected chi connectivity index (χ3v) is 4.62. The molecule has 0 atom stereocenters. The lowest BCUT2D eigenvalue weighted by Crippen LogP contribution is -2.44. The normalized spacial score (nSPS) is 15.9. The van der Waals surface area contributed by atoms with Crippen molar-refractivity contribution in [3.05, 3.63) is 35.6 Å². The van der Waals surface area contributed by atoms with Gasteiger partial charge in [0, 0.05) is 36.0 Å². The summed E-state index contributed by atoms with van der Waals surface area (Å²) < 4.78 is 5.77. The molecular weight excluding hydrogens is 304 g/mol. The summed E-state index contributed by atoms with van der Waals surface area (Å²) in [5, 5.41) is 3.93. The summed E-state index contributed by atoms with van der Waals surface area (Å²) in [7, 11) is 0. The van der Waals surface area contributed by atoms with E-state index in [4.69, 9.17) is 4.42 Å². The zero-order valence-corrected chi connectivity index (χ0v) is 14.5. The lowest BCUT2D eigenvalue weighted by atomic mass is 9.95. The van der Waals surface area contributed by atoms with Crippen LogP contribution >= 0.6 is 0 Å². The van der Waals surface area contributed by atoms with Gasteiger partial charge in [0.05, 0.1) is 0 Å². The van der Waals surface area contributed by atoms with Crippen molar-refractivity contribution in [2.24, 2.45) is 5.92 Å². The molecule has 0 spiro atoms. The molecule has 0 unspecified atom stereocenters. The summed E-state index contributed by atoms with van der Waals surface area (Å²) in [5.74, 6) is 0.429. The van der Waals surface area contributed by atoms with Gasteiger partial charge in [-0.05, 0) is 39.7 Å². The topological polar surface area (TPSA) is 62.6 Å². The van der Waals surface area contributed by atoms with Crippen LogP contribution in [0.5, 0.6) is 0 Å². The van der Waals surface area contributed by atoms with Crippen molar-refractivity contribution in [1.82, 2.24) is 10.2 Å². The Labute approximate surface area is 142 Å². The van der Waals surface area contributed by atoms with Gasteiger partial charge < -0.3 is 14.6 Å². The number of aryl methyl sites for hydroxylation is 1. The number of benzene rings is 1. The van der Waals surface area contributed by atoms with Gasteiger partial charge in [-0.15, -0.1) is 0 Å². The standard InChI is InChI=1S/C19H24N2O3/c1-12(2)20-18(22)14-8-10-21(11-9-14)19(23)17-13(3)15-6-4-5-7-16(15)24-17/h4-7,12,14H,8-11H2,1-3H3,(H,20,22). The number of furan rings is 1. The second kappa shape index (κ2) is 6.67. The van der Waals surface area contributed by atoms with Gasteiger partial charge in [-0.3, -0.25) is 9.59 Å². The van der Waals surface area contributed by atoms with Gasteiger partial charge in [-0.1, -0.05) is 18.2 Å². The SMILES string of the molecule is Cc1c(C(=O)N2CCC(C(=O)NC(C)C)CC2)oc2ccccc12. The molecule has 1 N–H and O–H groups in total. The van der Waals surface area contributed by atoms with Gasteiger partial charge in [0.1, 0.15) is 5.58 Å². The van der Waals surface area contributed by atoms with Crippen LogP contribution in [0.25, 0.3) is 11.0 Å². The van der Waals surface area contributed by atoms with Crippen LogP contribution in [-0.4, -0.2) is 35.8 Å². The minimum Gasteiger partial charge on any atom is -0.451 e. The van der Waals surface area contributed by atoms with Gasteiger partial charge in [-0.25, -0.2) is 0 Å². The minimum absolute atomic E-state index is 0.00628. The number of fused-ring (bicyclic) bond motifs is 1. The molecule has 0 bridgehead atoms. The molecule has 2 aromatic rings. The highest BCUT2D eigenvalue weighted by Gasteiger charge is 2.30. The maximum Gasteiger partial charge on any atom is 0.289 e. The van der Waals surface area contributed by atoms with Crippen molar-refractivity contribution in [2.75, 3.05) is 13.1 Å². The van der Waals surface area contributed by atoms with E-state index < -0.39 is 0 Å². The smallest absolute Gasteiger partial charge is 0.289 e. The number of amides is 2. The third kappa shape index (κ3) is 3.16. The molecule has 0 saturated carbocycles. The Kier molecular flexibility index (Phi) is 4.60. The van der Waals surface area contributed by atoms with Crippen molar-refractivity contribution >= 4 is 22.8 Å². The minimum atomic E-state index is -0.0774. The van der Waals surface area contributed by atoms with E-state index in [9.17, 15) is 9.59 Å². The number of nitrogens with one attached hydrogen (secondary N) is 1. The first-order valence-electron chi connectivity index (χ1n) is 8.55. The second-order valence-electron chi connectivity index (χ2n) is 6.78. The van der Waals surface area contributed by atoms with Crippen molar-refractivity contribution < 1.29 is 14.0 Å². The highest BCUT2D eigenvalue weighted by Crippen LogP contribution is 2.27. The van der Waals surface area contributed by atoms with Gasteiger partial charge in [0.25, 0.3) is 5.91 Å². The first-order chi connectivity index (χ1) is 11.5. The quantitative estimate of drug-likeness (QED) is 0.941. The molecule has 1 fully saturated rings. The Balaban J connectivity index is 1.68. The molecule has 0 radical (unpaired) electrons. The van der Waals surface area contributed by atoms with Crippen molar-refractivity contribution in [2.45, 2.75) is 39.7 Å². The first-order valence-corrected chi connectivity index (χ1v) is 8.55. The Bertz CT molecular complexity index is 755. The van der Waals surface area contributed by atoms with Crippen LogP contribution in [0.3, 0.4) is 0 Å². The zero-order valence-electron chi connectivity index (χ0n) is 14.5. The zero-order chi connectivity index (χ0) is 17.3. The number of rotatable bonds is 3. The molecule has 1 aromatic heterocycles. The van der Waals surface area contributed by atoms with Crippen LogP contribution in [0.4, 0.5) is 0 Å². The molecule has 2 heterocycles. The average Bonchev–Trinajstić information content (AvgIpc) is 2.91. The molecule has 1 aliphatic heterocycles. The van der Waals surface area contributed by atoms with Crippen LogP contribution < -0.4 is 5.32 Å². The van der Waals surface area contributed by atoms with Crippen molar-refractivity contribution in [3.8, 4) is 0 Å². The highest BCUT2D eigenvalue weighted by molar-refractivity contribution is 5.99. The van der Waals surface area contributed by atoms with Gasteiger partial charge in [-0.2, -0.15) is 0 Å². The fraction of sp³-hybridized carbons (Fsp3) is 0.474. The van der Waals surface area contributed by atoms with Crippen molar-refractivity contribution in [3.63, 3.8) is 0 Å². The average molecular weight is 328 g/mol. The number of carbonyl (C=O) groups is 2. The van der Waals surface area contributed by atoms with Crippen LogP contribution in [0.1, 0.15) is 42.8 Å². The fourth-order valence-corrected chi connectivity index (χ4v) is 3.27. The van der Waals surface area contributed by atoms with E-state index in [0.717, 1.165) is 16.5 Å². The Morgan fingerprint density at radius 3 is 2.50 bits per heavy atom. The highest BCUT2D eigenvalue weighted by atomic mass is 16.3. The molecule has 1 saturated heterocycles. The number of likely N-dealkylation sites (tertiary alicyclic amines) is 1. The van der Waals surface area contributed by atoms with Crippen LogP contribution in [0.15, 0.2) is 28.7 Å². The summed E-state index contributed by atoms with van der Waals surface area (Å²) in [6, 6.07) is 7.83. The number of hydrogen-bond acceptors (Lipinski definition) is 3.